The Morgan fingerprint density at radius 1 is 1.65 bits per heavy atom. The molecule has 1 aromatic rings. The van der Waals surface area contributed by atoms with Crippen LogP contribution in [0.3, 0.4) is 0 Å². The number of hydrogen-bond donors (Lipinski definition) is 2. The molecule has 3 N–H and O–H groups in total. The van der Waals surface area contributed by atoms with Crippen molar-refractivity contribution in [1.29, 1.82) is 0 Å². The lowest BCUT2D eigenvalue weighted by Crippen LogP contribution is -2.22. The molecule has 0 fully saturated rings. The SMILES string of the molecule is C=CN.CC1(C)CCc2scc(C(=O)O)c2C1. The summed E-state index contributed by atoms with van der Waals surface area (Å²) >= 11 is 1.60. The van der Waals surface area contributed by atoms with E-state index in [9.17, 15) is 4.79 Å². The van der Waals surface area contributed by atoms with Gasteiger partial charge in [0.25, 0.3) is 0 Å². The molecule has 0 bridgehead atoms. The van der Waals surface area contributed by atoms with Gasteiger partial charge in [0, 0.05) is 10.3 Å². The Kier molecular flexibility index (Phi) is 4.34. The number of nitrogens with two attached hydrogens (primary N) is 1. The minimum atomic E-state index is -0.778. The van der Waals surface area contributed by atoms with Crippen LogP contribution in [0.5, 0.6) is 0 Å². The second-order valence-corrected chi connectivity index (χ2v) is 5.90. The van der Waals surface area contributed by atoms with Gasteiger partial charge in [0.1, 0.15) is 0 Å². The molecule has 0 aliphatic heterocycles. The maximum absolute atomic E-state index is 11.0. The highest BCUT2D eigenvalue weighted by molar-refractivity contribution is 7.10. The molecule has 0 aromatic carbocycles. The zero-order valence-electron chi connectivity index (χ0n) is 10.3. The molecule has 0 saturated carbocycles. The van der Waals surface area contributed by atoms with E-state index in [0.29, 0.717) is 5.56 Å². The van der Waals surface area contributed by atoms with Gasteiger partial charge in [0.15, 0.2) is 0 Å². The van der Waals surface area contributed by atoms with Gasteiger partial charge in [-0.3, -0.25) is 0 Å². The van der Waals surface area contributed by atoms with Crippen LogP contribution in [0.25, 0.3) is 0 Å². The number of carboxylic acid groups (broad SMARTS) is 1. The van der Waals surface area contributed by atoms with Crippen molar-refractivity contribution < 1.29 is 9.90 Å². The van der Waals surface area contributed by atoms with Crippen molar-refractivity contribution in [2.45, 2.75) is 33.1 Å². The fraction of sp³-hybridized carbons (Fsp3) is 0.462. The highest BCUT2D eigenvalue weighted by Gasteiger charge is 2.29. The lowest BCUT2D eigenvalue weighted by Gasteiger charge is -2.29. The van der Waals surface area contributed by atoms with Gasteiger partial charge in [-0.2, -0.15) is 0 Å². The predicted octanol–water partition coefficient (Wildman–Crippen LogP) is 3.05. The van der Waals surface area contributed by atoms with Gasteiger partial charge >= 0.3 is 5.97 Å². The standard InChI is InChI=1S/C11H14O2S.C2H5N/c1-11(2)4-3-9-7(5-11)8(6-14-9)10(12)13;1-2-3/h6H,3-5H2,1-2H3,(H,12,13);2H,1,3H2. The Morgan fingerprint density at radius 3 is 2.76 bits per heavy atom. The van der Waals surface area contributed by atoms with Crippen LogP contribution in [0, 0.1) is 5.41 Å². The summed E-state index contributed by atoms with van der Waals surface area (Å²) in [5.74, 6) is -0.778. The van der Waals surface area contributed by atoms with Crippen LogP contribution < -0.4 is 5.73 Å². The second-order valence-electron chi connectivity index (χ2n) is 4.93. The molecular weight excluding hydrogens is 234 g/mol. The summed E-state index contributed by atoms with van der Waals surface area (Å²) in [5, 5.41) is 10.8. The Bertz CT molecular complexity index is 421. The van der Waals surface area contributed by atoms with Crippen molar-refractivity contribution in [1.82, 2.24) is 0 Å². The summed E-state index contributed by atoms with van der Waals surface area (Å²) < 4.78 is 0. The number of carboxylic acids is 1. The van der Waals surface area contributed by atoms with Gasteiger partial charge in [0.05, 0.1) is 5.56 Å². The van der Waals surface area contributed by atoms with Gasteiger partial charge in [-0.1, -0.05) is 20.4 Å². The van der Waals surface area contributed by atoms with Crippen molar-refractivity contribution in [2.24, 2.45) is 11.1 Å². The molecule has 94 valence electrons. The molecule has 1 heterocycles. The Morgan fingerprint density at radius 2 is 2.24 bits per heavy atom. The van der Waals surface area contributed by atoms with E-state index in [1.807, 2.05) is 0 Å². The van der Waals surface area contributed by atoms with Crippen molar-refractivity contribution in [3.05, 3.63) is 34.2 Å². The van der Waals surface area contributed by atoms with Crippen LogP contribution in [0.4, 0.5) is 0 Å². The number of carbonyl (C=O) groups is 1. The van der Waals surface area contributed by atoms with Crippen LogP contribution in [0.1, 0.15) is 41.1 Å². The normalized spacial score (nSPS) is 16.4. The van der Waals surface area contributed by atoms with Crippen LogP contribution in [0.15, 0.2) is 18.2 Å². The first kappa shape index (κ1) is 13.8. The third kappa shape index (κ3) is 3.33. The van der Waals surface area contributed by atoms with E-state index in [-0.39, 0.29) is 5.41 Å². The summed E-state index contributed by atoms with van der Waals surface area (Å²) in [4.78, 5) is 12.2. The zero-order chi connectivity index (χ0) is 13.1. The summed E-state index contributed by atoms with van der Waals surface area (Å²) in [6.07, 6.45) is 4.37. The zero-order valence-corrected chi connectivity index (χ0v) is 11.1. The molecule has 1 aliphatic carbocycles. The predicted molar refractivity (Wildman–Crippen MR) is 71.5 cm³/mol. The third-order valence-electron chi connectivity index (χ3n) is 2.90. The van der Waals surface area contributed by atoms with Crippen LogP contribution in [0.2, 0.25) is 0 Å². The molecule has 1 aromatic heterocycles. The highest BCUT2D eigenvalue weighted by atomic mass is 32.1. The summed E-state index contributed by atoms with van der Waals surface area (Å²) in [6.45, 7) is 7.55. The van der Waals surface area contributed by atoms with E-state index in [0.717, 1.165) is 18.4 Å². The first-order valence-corrected chi connectivity index (χ1v) is 6.44. The third-order valence-corrected chi connectivity index (χ3v) is 3.98. The summed E-state index contributed by atoms with van der Waals surface area (Å²) in [6, 6.07) is 0. The molecule has 0 saturated heterocycles. The molecule has 3 nitrogen and oxygen atoms in total. The van der Waals surface area contributed by atoms with E-state index in [1.165, 1.54) is 17.5 Å². The molecule has 0 spiro atoms. The minimum Gasteiger partial charge on any atom is -0.478 e. The van der Waals surface area contributed by atoms with E-state index < -0.39 is 5.97 Å². The van der Waals surface area contributed by atoms with Crippen molar-refractivity contribution in [3.8, 4) is 0 Å². The van der Waals surface area contributed by atoms with E-state index in [1.54, 1.807) is 16.7 Å². The molecule has 0 radical (unpaired) electrons. The molecule has 0 atom stereocenters. The summed E-state index contributed by atoms with van der Waals surface area (Å²) in [7, 11) is 0. The second kappa shape index (κ2) is 5.36. The largest absolute Gasteiger partial charge is 0.478 e. The minimum absolute atomic E-state index is 0.262. The smallest absolute Gasteiger partial charge is 0.336 e. The van der Waals surface area contributed by atoms with Gasteiger partial charge < -0.3 is 10.8 Å². The molecule has 0 amide bonds. The number of fused-ring (bicyclic) bond motifs is 1. The maximum atomic E-state index is 11.0. The average molecular weight is 253 g/mol. The number of aromatic carboxylic acids is 1. The Hall–Kier alpha value is -1.29. The van der Waals surface area contributed by atoms with Gasteiger partial charge in [0.2, 0.25) is 0 Å². The quantitative estimate of drug-likeness (QED) is 0.808. The number of aryl methyl sites for hydroxylation is 1. The van der Waals surface area contributed by atoms with Crippen LogP contribution in [-0.2, 0) is 12.8 Å². The van der Waals surface area contributed by atoms with Gasteiger partial charge in [-0.15, -0.1) is 11.3 Å². The number of rotatable bonds is 1. The Balaban J connectivity index is 0.000000437. The van der Waals surface area contributed by atoms with E-state index >= 15 is 0 Å². The molecule has 1 aliphatic rings. The first-order valence-electron chi connectivity index (χ1n) is 5.56. The Labute approximate surface area is 106 Å². The van der Waals surface area contributed by atoms with Crippen molar-refractivity contribution in [3.63, 3.8) is 0 Å². The fourth-order valence-electron chi connectivity index (χ4n) is 2.02. The molecule has 0 unspecified atom stereocenters. The lowest BCUT2D eigenvalue weighted by atomic mass is 9.76. The molecule has 4 heteroatoms. The molecule has 2 rings (SSSR count). The average Bonchev–Trinajstić information content (AvgIpc) is 2.59. The van der Waals surface area contributed by atoms with Gasteiger partial charge in [-0.05, 0) is 36.4 Å². The molecule has 17 heavy (non-hydrogen) atoms. The maximum Gasteiger partial charge on any atom is 0.336 e. The summed E-state index contributed by atoms with van der Waals surface area (Å²) in [5.41, 5.74) is 6.48. The number of hydrogen-bond acceptors (Lipinski definition) is 3. The van der Waals surface area contributed by atoms with Crippen molar-refractivity contribution in [2.75, 3.05) is 0 Å². The first-order chi connectivity index (χ1) is 7.91. The highest BCUT2D eigenvalue weighted by Crippen LogP contribution is 2.39. The topological polar surface area (TPSA) is 63.3 Å². The number of thiophene rings is 1. The monoisotopic (exact) mass is 253 g/mol. The van der Waals surface area contributed by atoms with E-state index in [4.69, 9.17) is 5.11 Å². The van der Waals surface area contributed by atoms with Crippen molar-refractivity contribution >= 4 is 17.3 Å². The lowest BCUT2D eigenvalue weighted by molar-refractivity contribution is 0.0695. The van der Waals surface area contributed by atoms with Gasteiger partial charge in [-0.25, -0.2) is 4.79 Å². The van der Waals surface area contributed by atoms with Crippen LogP contribution >= 0.6 is 11.3 Å². The van der Waals surface area contributed by atoms with Crippen LogP contribution in [-0.4, -0.2) is 11.1 Å². The van der Waals surface area contributed by atoms with E-state index in [2.05, 4.69) is 26.2 Å². The fourth-order valence-corrected chi connectivity index (χ4v) is 3.07. The molecular formula is C13H19NO2S.